The Hall–Kier alpha value is -2.47. The number of aromatic nitrogens is 1. The van der Waals surface area contributed by atoms with Crippen LogP contribution in [0.4, 0.5) is 15.9 Å². The number of hydrogen-bond acceptors (Lipinski definition) is 4. The maximum atomic E-state index is 13.4. The van der Waals surface area contributed by atoms with E-state index in [1.54, 1.807) is 30.5 Å². The molecule has 0 spiro atoms. The summed E-state index contributed by atoms with van der Waals surface area (Å²) in [5.74, 6) is -0.0718. The second kappa shape index (κ2) is 8.07. The van der Waals surface area contributed by atoms with Crippen LogP contribution in [0.15, 0.2) is 42.6 Å². The van der Waals surface area contributed by atoms with Crippen LogP contribution in [0.5, 0.6) is 0 Å². The normalized spacial score (nSPS) is 17.9. The van der Waals surface area contributed by atoms with Gasteiger partial charge in [0.2, 0.25) is 0 Å². The van der Waals surface area contributed by atoms with E-state index in [4.69, 9.17) is 0 Å². The van der Waals surface area contributed by atoms with Gasteiger partial charge >= 0.3 is 0 Å². The van der Waals surface area contributed by atoms with Gasteiger partial charge in [-0.1, -0.05) is 13.0 Å². The number of piperidine rings is 1. The maximum Gasteiger partial charge on any atom is 0.255 e. The molecular weight excluding hydrogens is 319 g/mol. The van der Waals surface area contributed by atoms with Gasteiger partial charge in [0.05, 0.1) is 5.56 Å². The summed E-state index contributed by atoms with van der Waals surface area (Å²) in [6.45, 7) is 5.08. The van der Waals surface area contributed by atoms with Crippen molar-refractivity contribution in [2.75, 3.05) is 25.0 Å². The third-order valence-electron chi connectivity index (χ3n) is 4.43. The molecule has 25 heavy (non-hydrogen) atoms. The van der Waals surface area contributed by atoms with Gasteiger partial charge in [-0.15, -0.1) is 0 Å². The number of halogens is 1. The Morgan fingerprint density at radius 1 is 1.36 bits per heavy atom. The highest BCUT2D eigenvalue weighted by molar-refractivity contribution is 5.99. The van der Waals surface area contributed by atoms with E-state index in [1.807, 2.05) is 0 Å². The van der Waals surface area contributed by atoms with Crippen molar-refractivity contribution in [2.24, 2.45) is 0 Å². The first kappa shape index (κ1) is 17.4. The topological polar surface area (TPSA) is 57.3 Å². The van der Waals surface area contributed by atoms with Crippen LogP contribution in [0.1, 0.15) is 30.1 Å². The van der Waals surface area contributed by atoms with E-state index >= 15 is 0 Å². The lowest BCUT2D eigenvalue weighted by molar-refractivity contribution is 0.0906. The van der Waals surface area contributed by atoms with Crippen molar-refractivity contribution >= 4 is 17.4 Å². The first-order valence-corrected chi connectivity index (χ1v) is 8.66. The van der Waals surface area contributed by atoms with Gasteiger partial charge in [-0.2, -0.15) is 0 Å². The number of amides is 1. The van der Waals surface area contributed by atoms with E-state index in [1.165, 1.54) is 12.1 Å². The molecule has 0 bridgehead atoms. The van der Waals surface area contributed by atoms with Crippen LogP contribution in [0.3, 0.4) is 0 Å². The summed E-state index contributed by atoms with van der Waals surface area (Å²) in [5, 5.41) is 6.13. The average molecular weight is 342 g/mol. The van der Waals surface area contributed by atoms with Crippen LogP contribution in [0, 0.1) is 5.82 Å². The minimum atomic E-state index is -0.339. The van der Waals surface area contributed by atoms with Crippen molar-refractivity contribution in [1.82, 2.24) is 15.2 Å². The van der Waals surface area contributed by atoms with Gasteiger partial charge in [0.25, 0.3) is 5.91 Å². The number of pyridine rings is 1. The fourth-order valence-corrected chi connectivity index (χ4v) is 3.11. The molecule has 1 aromatic heterocycles. The van der Waals surface area contributed by atoms with Crippen LogP contribution in [-0.2, 0) is 0 Å². The van der Waals surface area contributed by atoms with Gasteiger partial charge in [0.15, 0.2) is 0 Å². The first-order chi connectivity index (χ1) is 12.2. The minimum absolute atomic E-state index is 0.142. The number of anilines is 2. The molecule has 6 heteroatoms. The second-order valence-electron chi connectivity index (χ2n) is 6.24. The third kappa shape index (κ3) is 4.54. The lowest BCUT2D eigenvalue weighted by Crippen LogP contribution is -2.47. The number of likely N-dealkylation sites (tertiary alicyclic amines) is 1. The molecule has 1 atom stereocenters. The molecule has 1 amide bonds. The molecule has 1 saturated heterocycles. The number of likely N-dealkylation sites (N-methyl/N-ethyl adjacent to an activating group) is 1. The average Bonchev–Trinajstić information content (AvgIpc) is 2.62. The molecular formula is C19H23FN4O. The van der Waals surface area contributed by atoms with Crippen molar-refractivity contribution < 1.29 is 9.18 Å². The largest absolute Gasteiger partial charge is 0.348 e. The summed E-state index contributed by atoms with van der Waals surface area (Å²) in [7, 11) is 0. The fourth-order valence-electron chi connectivity index (χ4n) is 3.11. The Morgan fingerprint density at radius 2 is 2.24 bits per heavy atom. The third-order valence-corrected chi connectivity index (χ3v) is 4.43. The minimum Gasteiger partial charge on any atom is -0.348 e. The predicted octanol–water partition coefficient (Wildman–Crippen LogP) is 3.18. The Kier molecular flexibility index (Phi) is 5.60. The number of carbonyl (C=O) groups is 1. The summed E-state index contributed by atoms with van der Waals surface area (Å²) < 4.78 is 13.4. The van der Waals surface area contributed by atoms with Crippen molar-refractivity contribution in [1.29, 1.82) is 0 Å². The molecule has 0 aliphatic carbocycles. The van der Waals surface area contributed by atoms with Crippen LogP contribution >= 0.6 is 0 Å². The molecule has 2 N–H and O–H groups in total. The summed E-state index contributed by atoms with van der Waals surface area (Å²) in [4.78, 5) is 19.3. The van der Waals surface area contributed by atoms with Gasteiger partial charge < -0.3 is 15.5 Å². The molecule has 0 radical (unpaired) electrons. The molecule has 1 aliphatic rings. The van der Waals surface area contributed by atoms with E-state index in [0.29, 0.717) is 17.1 Å². The zero-order chi connectivity index (χ0) is 17.6. The number of nitrogens with one attached hydrogen (secondary N) is 2. The number of rotatable bonds is 5. The predicted molar refractivity (Wildman–Crippen MR) is 96.5 cm³/mol. The van der Waals surface area contributed by atoms with Gasteiger partial charge in [-0.25, -0.2) is 9.37 Å². The Morgan fingerprint density at radius 3 is 3.04 bits per heavy atom. The molecule has 2 aromatic rings. The number of carbonyl (C=O) groups excluding carboxylic acids is 1. The molecule has 5 nitrogen and oxygen atoms in total. The molecule has 132 valence electrons. The monoisotopic (exact) mass is 342 g/mol. The standard InChI is InChI=1S/C19H23FN4O/c1-2-24-11-5-8-16(13-24)23-19(25)17-9-4-10-21-18(17)22-15-7-3-6-14(20)12-15/h3-4,6-7,9-10,12,16H,2,5,8,11,13H2,1H3,(H,21,22)(H,23,25). The maximum absolute atomic E-state index is 13.4. The quantitative estimate of drug-likeness (QED) is 0.876. The van der Waals surface area contributed by atoms with Crippen molar-refractivity contribution in [2.45, 2.75) is 25.8 Å². The number of hydrogen-bond donors (Lipinski definition) is 2. The Labute approximate surface area is 147 Å². The van der Waals surface area contributed by atoms with Crippen LogP contribution < -0.4 is 10.6 Å². The van der Waals surface area contributed by atoms with Gasteiger partial charge in [0.1, 0.15) is 11.6 Å². The number of benzene rings is 1. The van der Waals surface area contributed by atoms with Crippen molar-refractivity contribution in [3.8, 4) is 0 Å². The van der Waals surface area contributed by atoms with Gasteiger partial charge in [-0.05, 0) is 56.3 Å². The van der Waals surface area contributed by atoms with E-state index < -0.39 is 0 Å². The summed E-state index contributed by atoms with van der Waals surface area (Å²) >= 11 is 0. The molecule has 2 heterocycles. The van der Waals surface area contributed by atoms with Gasteiger partial charge in [-0.3, -0.25) is 4.79 Å². The lowest BCUT2D eigenvalue weighted by Gasteiger charge is -2.32. The highest BCUT2D eigenvalue weighted by Gasteiger charge is 2.22. The van der Waals surface area contributed by atoms with Crippen molar-refractivity contribution in [3.63, 3.8) is 0 Å². The lowest BCUT2D eigenvalue weighted by atomic mass is 10.1. The summed E-state index contributed by atoms with van der Waals surface area (Å²) in [6.07, 6.45) is 3.67. The smallest absolute Gasteiger partial charge is 0.255 e. The molecule has 1 unspecified atom stereocenters. The molecule has 3 rings (SSSR count). The van der Waals surface area contributed by atoms with Crippen molar-refractivity contribution in [3.05, 3.63) is 54.0 Å². The summed E-state index contributed by atoms with van der Waals surface area (Å²) in [6, 6.07) is 9.69. The highest BCUT2D eigenvalue weighted by atomic mass is 19.1. The second-order valence-corrected chi connectivity index (χ2v) is 6.24. The zero-order valence-corrected chi connectivity index (χ0v) is 14.3. The van der Waals surface area contributed by atoms with E-state index in [9.17, 15) is 9.18 Å². The van der Waals surface area contributed by atoms with Crippen LogP contribution in [0.25, 0.3) is 0 Å². The molecule has 1 aliphatic heterocycles. The summed E-state index contributed by atoms with van der Waals surface area (Å²) in [5.41, 5.74) is 1.02. The zero-order valence-electron chi connectivity index (χ0n) is 14.3. The number of nitrogens with zero attached hydrogens (tertiary/aromatic N) is 2. The van der Waals surface area contributed by atoms with E-state index in [2.05, 4.69) is 27.4 Å². The Bertz CT molecular complexity index is 737. The van der Waals surface area contributed by atoms with Crippen LogP contribution in [0.2, 0.25) is 0 Å². The molecule has 1 aromatic carbocycles. The van der Waals surface area contributed by atoms with Crippen LogP contribution in [-0.4, -0.2) is 41.5 Å². The van der Waals surface area contributed by atoms with E-state index in [0.717, 1.165) is 32.5 Å². The van der Waals surface area contributed by atoms with Gasteiger partial charge in [0, 0.05) is 24.5 Å². The highest BCUT2D eigenvalue weighted by Crippen LogP contribution is 2.20. The molecule has 0 saturated carbocycles. The molecule has 1 fully saturated rings. The first-order valence-electron chi connectivity index (χ1n) is 8.66. The Balaban J connectivity index is 1.72. The van der Waals surface area contributed by atoms with E-state index in [-0.39, 0.29) is 17.8 Å². The SMILES string of the molecule is CCN1CCCC(NC(=O)c2cccnc2Nc2cccc(F)c2)C1. The fraction of sp³-hybridized carbons (Fsp3) is 0.368.